The molecule has 1 amide bonds. The highest BCUT2D eigenvalue weighted by atomic mass is 16.5. The van der Waals surface area contributed by atoms with Crippen LogP contribution in [0.15, 0.2) is 30.5 Å². The Hall–Kier alpha value is -2.21. The minimum absolute atomic E-state index is 0.126. The molecule has 1 aliphatic rings. The zero-order valence-electron chi connectivity index (χ0n) is 12.0. The summed E-state index contributed by atoms with van der Waals surface area (Å²) >= 11 is 0. The van der Waals surface area contributed by atoms with Gasteiger partial charge in [-0.25, -0.2) is 4.68 Å². The van der Waals surface area contributed by atoms with Crippen molar-refractivity contribution in [2.24, 2.45) is 0 Å². The second-order valence-electron chi connectivity index (χ2n) is 5.23. The molecule has 1 N–H and O–H groups in total. The second-order valence-corrected chi connectivity index (χ2v) is 5.23. The maximum absolute atomic E-state index is 12.0. The van der Waals surface area contributed by atoms with Gasteiger partial charge >= 0.3 is 0 Å². The number of nitrogens with one attached hydrogen (secondary N) is 1. The summed E-state index contributed by atoms with van der Waals surface area (Å²) in [6.45, 7) is 3.33. The first kappa shape index (κ1) is 13.8. The fraction of sp³-hybridized carbons (Fsp3) is 0.400. The van der Waals surface area contributed by atoms with E-state index in [0.29, 0.717) is 12.2 Å². The number of aromatic nitrogens is 3. The molecule has 6 heteroatoms. The zero-order chi connectivity index (χ0) is 14.7. The molecule has 2 heterocycles. The Labute approximate surface area is 123 Å². The average Bonchev–Trinajstić information content (AvgIpc) is 3.17. The van der Waals surface area contributed by atoms with Gasteiger partial charge in [0.1, 0.15) is 0 Å². The first-order valence-electron chi connectivity index (χ1n) is 7.11. The highest BCUT2D eigenvalue weighted by Gasteiger charge is 2.18. The van der Waals surface area contributed by atoms with E-state index in [1.807, 2.05) is 31.2 Å². The van der Waals surface area contributed by atoms with E-state index < -0.39 is 0 Å². The SMILES string of the molecule is Cc1ccc(-n2cc(C(=O)NC[C@@H]3CCCO3)nn2)cc1. The van der Waals surface area contributed by atoms with Crippen molar-refractivity contribution in [3.05, 3.63) is 41.7 Å². The lowest BCUT2D eigenvalue weighted by atomic mass is 10.2. The van der Waals surface area contributed by atoms with Crippen LogP contribution < -0.4 is 5.32 Å². The van der Waals surface area contributed by atoms with Crippen molar-refractivity contribution in [3.63, 3.8) is 0 Å². The summed E-state index contributed by atoms with van der Waals surface area (Å²) < 4.78 is 7.07. The molecule has 2 aromatic rings. The Morgan fingerprint density at radius 3 is 2.95 bits per heavy atom. The lowest BCUT2D eigenvalue weighted by molar-refractivity contribution is 0.0853. The number of nitrogens with zero attached hydrogens (tertiary/aromatic N) is 3. The van der Waals surface area contributed by atoms with Crippen molar-refractivity contribution in [1.82, 2.24) is 20.3 Å². The number of carbonyl (C=O) groups is 1. The summed E-state index contributed by atoms with van der Waals surface area (Å²) in [5.74, 6) is -0.219. The van der Waals surface area contributed by atoms with Gasteiger partial charge in [0.25, 0.3) is 5.91 Å². The van der Waals surface area contributed by atoms with Gasteiger partial charge in [-0.2, -0.15) is 0 Å². The number of carbonyl (C=O) groups excluding carboxylic acids is 1. The molecule has 21 heavy (non-hydrogen) atoms. The minimum atomic E-state index is -0.219. The summed E-state index contributed by atoms with van der Waals surface area (Å²) in [7, 11) is 0. The smallest absolute Gasteiger partial charge is 0.273 e. The van der Waals surface area contributed by atoms with Crippen molar-refractivity contribution in [2.75, 3.05) is 13.2 Å². The molecule has 110 valence electrons. The topological polar surface area (TPSA) is 69.0 Å². The summed E-state index contributed by atoms with van der Waals surface area (Å²) in [6.07, 6.45) is 3.82. The van der Waals surface area contributed by atoms with E-state index in [-0.39, 0.29) is 12.0 Å². The van der Waals surface area contributed by atoms with Crippen LogP contribution in [0.5, 0.6) is 0 Å². The predicted molar refractivity (Wildman–Crippen MR) is 77.4 cm³/mol. The lowest BCUT2D eigenvalue weighted by Gasteiger charge is -2.09. The van der Waals surface area contributed by atoms with Gasteiger partial charge in [-0.15, -0.1) is 5.10 Å². The summed E-state index contributed by atoms with van der Waals surface area (Å²) in [5.41, 5.74) is 2.37. The van der Waals surface area contributed by atoms with Crippen LogP contribution in [0, 0.1) is 6.92 Å². The third-order valence-corrected chi connectivity index (χ3v) is 3.54. The molecule has 1 atom stereocenters. The number of benzene rings is 1. The van der Waals surface area contributed by atoms with Gasteiger partial charge in [0.15, 0.2) is 5.69 Å². The Bertz CT molecular complexity index is 615. The van der Waals surface area contributed by atoms with Crippen molar-refractivity contribution in [1.29, 1.82) is 0 Å². The molecule has 1 aliphatic heterocycles. The maximum atomic E-state index is 12.0. The van der Waals surface area contributed by atoms with Crippen molar-refractivity contribution in [3.8, 4) is 5.69 Å². The molecule has 1 aromatic carbocycles. The molecule has 0 unspecified atom stereocenters. The molecule has 1 aromatic heterocycles. The van der Waals surface area contributed by atoms with E-state index in [0.717, 1.165) is 25.1 Å². The van der Waals surface area contributed by atoms with Gasteiger partial charge in [0.05, 0.1) is 18.0 Å². The van der Waals surface area contributed by atoms with E-state index in [9.17, 15) is 4.79 Å². The van der Waals surface area contributed by atoms with E-state index in [1.165, 1.54) is 5.56 Å². The van der Waals surface area contributed by atoms with E-state index >= 15 is 0 Å². The van der Waals surface area contributed by atoms with Crippen LogP contribution >= 0.6 is 0 Å². The monoisotopic (exact) mass is 286 g/mol. The minimum Gasteiger partial charge on any atom is -0.376 e. The van der Waals surface area contributed by atoms with Gasteiger partial charge in [0.2, 0.25) is 0 Å². The van der Waals surface area contributed by atoms with Crippen LogP contribution in [-0.4, -0.2) is 40.2 Å². The third-order valence-electron chi connectivity index (χ3n) is 3.54. The van der Waals surface area contributed by atoms with Crippen LogP contribution in [0.1, 0.15) is 28.9 Å². The average molecular weight is 286 g/mol. The molecule has 1 fully saturated rings. The largest absolute Gasteiger partial charge is 0.376 e. The molecule has 0 saturated carbocycles. The standard InChI is InChI=1S/C15H18N4O2/c1-11-4-6-12(7-5-11)19-10-14(17-18-19)15(20)16-9-13-3-2-8-21-13/h4-7,10,13H,2-3,8-9H2,1H3,(H,16,20)/t13-/m0/s1. The number of ether oxygens (including phenoxy) is 1. The van der Waals surface area contributed by atoms with Gasteiger partial charge in [-0.3, -0.25) is 4.79 Å². The van der Waals surface area contributed by atoms with Gasteiger partial charge < -0.3 is 10.1 Å². The number of hydrogen-bond acceptors (Lipinski definition) is 4. The van der Waals surface area contributed by atoms with Crippen LogP contribution in [0.25, 0.3) is 5.69 Å². The van der Waals surface area contributed by atoms with Crippen LogP contribution in [0.3, 0.4) is 0 Å². The van der Waals surface area contributed by atoms with E-state index in [1.54, 1.807) is 10.9 Å². The molecular weight excluding hydrogens is 268 g/mol. The predicted octanol–water partition coefficient (Wildman–Crippen LogP) is 1.48. The van der Waals surface area contributed by atoms with Crippen LogP contribution in [0.4, 0.5) is 0 Å². The van der Waals surface area contributed by atoms with Crippen molar-refractivity contribution < 1.29 is 9.53 Å². The first-order valence-corrected chi connectivity index (χ1v) is 7.11. The summed E-state index contributed by atoms with van der Waals surface area (Å²) in [4.78, 5) is 12.0. The quantitative estimate of drug-likeness (QED) is 0.924. The Morgan fingerprint density at radius 2 is 2.24 bits per heavy atom. The molecule has 0 bridgehead atoms. The molecule has 6 nitrogen and oxygen atoms in total. The van der Waals surface area contributed by atoms with Crippen LogP contribution in [0.2, 0.25) is 0 Å². The summed E-state index contributed by atoms with van der Waals surface area (Å²) in [6, 6.07) is 7.87. The molecular formula is C15H18N4O2. The summed E-state index contributed by atoms with van der Waals surface area (Å²) in [5, 5.41) is 10.7. The number of aryl methyl sites for hydroxylation is 1. The van der Waals surface area contributed by atoms with Gasteiger partial charge in [-0.05, 0) is 31.9 Å². The fourth-order valence-corrected chi connectivity index (χ4v) is 2.29. The lowest BCUT2D eigenvalue weighted by Crippen LogP contribution is -2.31. The molecule has 1 saturated heterocycles. The number of hydrogen-bond donors (Lipinski definition) is 1. The highest BCUT2D eigenvalue weighted by Crippen LogP contribution is 2.11. The Kier molecular flexibility index (Phi) is 3.96. The van der Waals surface area contributed by atoms with Crippen molar-refractivity contribution >= 4 is 5.91 Å². The third kappa shape index (κ3) is 3.28. The molecule has 0 aliphatic carbocycles. The Morgan fingerprint density at radius 1 is 1.43 bits per heavy atom. The number of amides is 1. The molecule has 3 rings (SSSR count). The van der Waals surface area contributed by atoms with Gasteiger partial charge in [0, 0.05) is 13.2 Å². The zero-order valence-corrected chi connectivity index (χ0v) is 12.0. The maximum Gasteiger partial charge on any atom is 0.273 e. The van der Waals surface area contributed by atoms with E-state index in [2.05, 4.69) is 15.6 Å². The molecule has 0 radical (unpaired) electrons. The highest BCUT2D eigenvalue weighted by molar-refractivity contribution is 5.91. The van der Waals surface area contributed by atoms with Crippen LogP contribution in [-0.2, 0) is 4.74 Å². The molecule has 0 spiro atoms. The van der Waals surface area contributed by atoms with Crippen molar-refractivity contribution in [2.45, 2.75) is 25.9 Å². The fourth-order valence-electron chi connectivity index (χ4n) is 2.29. The number of rotatable bonds is 4. The first-order chi connectivity index (χ1) is 10.2. The second kappa shape index (κ2) is 6.05. The Balaban J connectivity index is 1.63. The normalized spacial score (nSPS) is 17.9. The van der Waals surface area contributed by atoms with Gasteiger partial charge in [-0.1, -0.05) is 22.9 Å². The van der Waals surface area contributed by atoms with E-state index in [4.69, 9.17) is 4.74 Å².